The van der Waals surface area contributed by atoms with E-state index in [2.05, 4.69) is 0 Å². The molecule has 0 aliphatic heterocycles. The van der Waals surface area contributed by atoms with Crippen LogP contribution in [0, 0.1) is 11.3 Å². The van der Waals surface area contributed by atoms with E-state index in [0.717, 1.165) is 4.90 Å². The molecule has 1 atom stereocenters. The summed E-state index contributed by atoms with van der Waals surface area (Å²) in [6.45, 7) is 1.38. The summed E-state index contributed by atoms with van der Waals surface area (Å²) in [5.41, 5.74) is 0.327. The molecule has 0 spiro atoms. The zero-order chi connectivity index (χ0) is 15.1. The van der Waals surface area contributed by atoms with Gasteiger partial charge in [0.15, 0.2) is 6.61 Å². The van der Waals surface area contributed by atoms with Gasteiger partial charge in [-0.25, -0.2) is 4.79 Å². The SMILES string of the molecule is CCC(C(=O)O)N(C)C(=O)COc1ccccc1C#N. The molecular weight excluding hydrogens is 260 g/mol. The minimum absolute atomic E-state index is 0.306. The van der Waals surface area contributed by atoms with Crippen LogP contribution in [0.4, 0.5) is 0 Å². The number of aliphatic carboxylic acids is 1. The summed E-state index contributed by atoms with van der Waals surface area (Å²) in [6, 6.07) is 7.62. The van der Waals surface area contributed by atoms with E-state index in [1.807, 2.05) is 6.07 Å². The van der Waals surface area contributed by atoms with Crippen molar-refractivity contribution in [2.24, 2.45) is 0 Å². The minimum Gasteiger partial charge on any atom is -0.482 e. The number of nitrogens with zero attached hydrogens (tertiary/aromatic N) is 2. The fraction of sp³-hybridized carbons (Fsp3) is 0.357. The van der Waals surface area contributed by atoms with E-state index in [4.69, 9.17) is 15.1 Å². The van der Waals surface area contributed by atoms with Crippen molar-refractivity contribution < 1.29 is 19.4 Å². The van der Waals surface area contributed by atoms with Crippen LogP contribution >= 0.6 is 0 Å². The van der Waals surface area contributed by atoms with Crippen molar-refractivity contribution >= 4 is 11.9 Å². The van der Waals surface area contributed by atoms with Crippen LogP contribution in [-0.4, -0.2) is 41.6 Å². The first kappa shape index (κ1) is 15.5. The molecule has 0 radical (unpaired) electrons. The number of carboxylic acids is 1. The number of carboxylic acid groups (broad SMARTS) is 1. The lowest BCUT2D eigenvalue weighted by Crippen LogP contribution is -2.44. The highest BCUT2D eigenvalue weighted by Gasteiger charge is 2.24. The maximum absolute atomic E-state index is 11.9. The van der Waals surface area contributed by atoms with Crippen LogP contribution in [-0.2, 0) is 9.59 Å². The maximum Gasteiger partial charge on any atom is 0.326 e. The number of rotatable bonds is 6. The van der Waals surface area contributed by atoms with Crippen molar-refractivity contribution in [2.75, 3.05) is 13.7 Å². The van der Waals surface area contributed by atoms with E-state index >= 15 is 0 Å². The molecule has 1 aromatic carbocycles. The average Bonchev–Trinajstić information content (AvgIpc) is 2.45. The zero-order valence-corrected chi connectivity index (χ0v) is 11.4. The van der Waals surface area contributed by atoms with Gasteiger partial charge in [-0.2, -0.15) is 5.26 Å². The van der Waals surface area contributed by atoms with Crippen LogP contribution < -0.4 is 4.74 Å². The normalized spacial score (nSPS) is 11.2. The molecule has 106 valence electrons. The van der Waals surface area contributed by atoms with E-state index in [1.165, 1.54) is 7.05 Å². The Bertz CT molecular complexity index is 536. The Morgan fingerprint density at radius 1 is 1.45 bits per heavy atom. The molecule has 20 heavy (non-hydrogen) atoms. The summed E-state index contributed by atoms with van der Waals surface area (Å²) in [5.74, 6) is -1.20. The van der Waals surface area contributed by atoms with Gasteiger partial charge in [-0.1, -0.05) is 19.1 Å². The first-order valence-corrected chi connectivity index (χ1v) is 6.11. The number of carbonyl (C=O) groups is 2. The number of benzene rings is 1. The number of carbonyl (C=O) groups excluding carboxylic acids is 1. The molecule has 1 amide bonds. The third-order valence-corrected chi connectivity index (χ3v) is 2.89. The second-order valence-electron chi connectivity index (χ2n) is 4.16. The summed E-state index contributed by atoms with van der Waals surface area (Å²) >= 11 is 0. The number of hydrogen-bond donors (Lipinski definition) is 1. The van der Waals surface area contributed by atoms with Gasteiger partial charge in [0.25, 0.3) is 5.91 Å². The molecular formula is C14H16N2O4. The Morgan fingerprint density at radius 3 is 2.65 bits per heavy atom. The Kier molecular flexibility index (Phi) is 5.54. The maximum atomic E-state index is 11.9. The fourth-order valence-electron chi connectivity index (χ4n) is 1.71. The topological polar surface area (TPSA) is 90.6 Å². The molecule has 0 aliphatic rings. The fourth-order valence-corrected chi connectivity index (χ4v) is 1.71. The predicted molar refractivity (Wildman–Crippen MR) is 71.1 cm³/mol. The van der Waals surface area contributed by atoms with Gasteiger partial charge < -0.3 is 14.7 Å². The number of ether oxygens (including phenoxy) is 1. The smallest absolute Gasteiger partial charge is 0.326 e. The predicted octanol–water partition coefficient (Wildman–Crippen LogP) is 1.26. The molecule has 6 nitrogen and oxygen atoms in total. The first-order chi connectivity index (χ1) is 9.51. The quantitative estimate of drug-likeness (QED) is 0.844. The van der Waals surface area contributed by atoms with E-state index in [9.17, 15) is 9.59 Å². The molecule has 0 heterocycles. The number of likely N-dealkylation sites (N-methyl/N-ethyl adjacent to an activating group) is 1. The molecule has 1 rings (SSSR count). The molecule has 1 aromatic rings. The van der Waals surface area contributed by atoms with Crippen molar-refractivity contribution in [1.82, 2.24) is 4.90 Å². The number of amides is 1. The molecule has 0 saturated carbocycles. The van der Waals surface area contributed by atoms with Crippen LogP contribution in [0.3, 0.4) is 0 Å². The molecule has 0 bridgehead atoms. The average molecular weight is 276 g/mol. The van der Waals surface area contributed by atoms with Crippen LogP contribution in [0.15, 0.2) is 24.3 Å². The molecule has 1 unspecified atom stereocenters. The van der Waals surface area contributed by atoms with Gasteiger partial charge in [0.1, 0.15) is 17.9 Å². The highest BCUT2D eigenvalue weighted by molar-refractivity contribution is 5.84. The van der Waals surface area contributed by atoms with Gasteiger partial charge in [0.2, 0.25) is 0 Å². The highest BCUT2D eigenvalue weighted by atomic mass is 16.5. The first-order valence-electron chi connectivity index (χ1n) is 6.11. The van der Waals surface area contributed by atoms with Crippen LogP contribution in [0.1, 0.15) is 18.9 Å². The summed E-state index contributed by atoms with van der Waals surface area (Å²) in [7, 11) is 1.42. The molecule has 0 saturated heterocycles. The lowest BCUT2D eigenvalue weighted by molar-refractivity contribution is -0.149. The lowest BCUT2D eigenvalue weighted by atomic mass is 10.2. The van der Waals surface area contributed by atoms with Gasteiger partial charge in [-0.3, -0.25) is 4.79 Å². The number of hydrogen-bond acceptors (Lipinski definition) is 4. The van der Waals surface area contributed by atoms with Crippen LogP contribution in [0.25, 0.3) is 0 Å². The molecule has 1 N–H and O–H groups in total. The van der Waals surface area contributed by atoms with Crippen molar-refractivity contribution in [3.8, 4) is 11.8 Å². The van der Waals surface area contributed by atoms with Crippen molar-refractivity contribution in [2.45, 2.75) is 19.4 Å². The van der Waals surface area contributed by atoms with Crippen LogP contribution in [0.5, 0.6) is 5.75 Å². The van der Waals surface area contributed by atoms with Gasteiger partial charge in [-0.15, -0.1) is 0 Å². The Labute approximate surface area is 117 Å². The number of nitriles is 1. The van der Waals surface area contributed by atoms with Crippen molar-refractivity contribution in [3.63, 3.8) is 0 Å². The molecule has 6 heteroatoms. The minimum atomic E-state index is -1.05. The van der Waals surface area contributed by atoms with E-state index in [-0.39, 0.29) is 6.61 Å². The zero-order valence-electron chi connectivity index (χ0n) is 11.4. The van der Waals surface area contributed by atoms with Gasteiger partial charge in [-0.05, 0) is 18.6 Å². The van der Waals surface area contributed by atoms with Crippen molar-refractivity contribution in [3.05, 3.63) is 29.8 Å². The van der Waals surface area contributed by atoms with Gasteiger partial charge in [0.05, 0.1) is 5.56 Å². The summed E-state index contributed by atoms with van der Waals surface area (Å²) < 4.78 is 5.28. The summed E-state index contributed by atoms with van der Waals surface area (Å²) in [4.78, 5) is 24.0. The molecule has 0 aliphatic carbocycles. The Balaban J connectivity index is 2.68. The second-order valence-corrected chi connectivity index (χ2v) is 4.16. The largest absolute Gasteiger partial charge is 0.482 e. The van der Waals surface area contributed by atoms with Gasteiger partial charge >= 0.3 is 5.97 Å². The Hall–Kier alpha value is -2.55. The summed E-state index contributed by atoms with van der Waals surface area (Å²) in [6.07, 6.45) is 0.312. The van der Waals surface area contributed by atoms with Gasteiger partial charge in [0, 0.05) is 7.05 Å². The Morgan fingerprint density at radius 2 is 2.10 bits per heavy atom. The molecule has 0 aromatic heterocycles. The molecule has 0 fully saturated rings. The standard InChI is InChI=1S/C14H16N2O4/c1-3-11(14(18)19)16(2)13(17)9-20-12-7-5-4-6-10(12)8-15/h4-7,11H,3,9H2,1-2H3,(H,18,19). The second kappa shape index (κ2) is 7.14. The monoisotopic (exact) mass is 276 g/mol. The summed E-state index contributed by atoms with van der Waals surface area (Å²) in [5, 5.41) is 17.9. The van der Waals surface area contributed by atoms with E-state index in [0.29, 0.717) is 17.7 Å². The van der Waals surface area contributed by atoms with Crippen LogP contribution in [0.2, 0.25) is 0 Å². The third kappa shape index (κ3) is 3.72. The highest BCUT2D eigenvalue weighted by Crippen LogP contribution is 2.16. The van der Waals surface area contributed by atoms with Crippen molar-refractivity contribution in [1.29, 1.82) is 5.26 Å². The third-order valence-electron chi connectivity index (χ3n) is 2.89. The van der Waals surface area contributed by atoms with E-state index in [1.54, 1.807) is 31.2 Å². The lowest BCUT2D eigenvalue weighted by Gasteiger charge is -2.23. The van der Waals surface area contributed by atoms with E-state index < -0.39 is 17.9 Å². The number of para-hydroxylation sites is 1.